The Labute approximate surface area is 110 Å². The van der Waals surface area contributed by atoms with Crippen LogP contribution in [-0.2, 0) is 0 Å². The Hall–Kier alpha value is -1.81. The molecule has 1 amide bonds. The average molecular weight is 258 g/mol. The van der Waals surface area contributed by atoms with E-state index in [1.54, 1.807) is 0 Å². The lowest BCUT2D eigenvalue weighted by Crippen LogP contribution is -2.10. The Balaban J connectivity index is 1.63. The second-order valence-corrected chi connectivity index (χ2v) is 5.38. The molecule has 2 aromatic rings. The van der Waals surface area contributed by atoms with Crippen molar-refractivity contribution in [2.45, 2.75) is 18.9 Å². The number of carbonyl (C=O) groups excluding carboxylic acids is 1. The van der Waals surface area contributed by atoms with Crippen molar-refractivity contribution in [1.82, 2.24) is 0 Å². The summed E-state index contributed by atoms with van der Waals surface area (Å²) in [4.78, 5) is 12.6. The first kappa shape index (κ1) is 11.3. The predicted octanol–water partition coefficient (Wildman–Crippen LogP) is 3.57. The number of benzene rings is 1. The molecule has 1 aromatic carbocycles. The van der Waals surface area contributed by atoms with Gasteiger partial charge in [-0.05, 0) is 48.6 Å². The highest BCUT2D eigenvalue weighted by Crippen LogP contribution is 2.25. The van der Waals surface area contributed by atoms with E-state index < -0.39 is 0 Å². The van der Waals surface area contributed by atoms with Gasteiger partial charge >= 0.3 is 0 Å². The van der Waals surface area contributed by atoms with Crippen molar-refractivity contribution in [3.63, 3.8) is 0 Å². The van der Waals surface area contributed by atoms with Crippen LogP contribution in [0.5, 0.6) is 0 Å². The molecular formula is C14H14N2OS. The fourth-order valence-corrected chi connectivity index (χ4v) is 2.33. The maximum absolute atomic E-state index is 11.8. The van der Waals surface area contributed by atoms with Crippen LogP contribution >= 0.6 is 11.3 Å². The number of anilines is 2. The fourth-order valence-electron chi connectivity index (χ4n) is 1.71. The number of nitrogens with one attached hydrogen (secondary N) is 2. The highest BCUT2D eigenvalue weighted by molar-refractivity contribution is 7.12. The molecule has 1 aromatic heterocycles. The van der Waals surface area contributed by atoms with Gasteiger partial charge in [-0.25, -0.2) is 0 Å². The van der Waals surface area contributed by atoms with Crippen LogP contribution < -0.4 is 10.6 Å². The quantitative estimate of drug-likeness (QED) is 0.880. The van der Waals surface area contributed by atoms with E-state index in [0.717, 1.165) is 16.3 Å². The van der Waals surface area contributed by atoms with Crippen molar-refractivity contribution in [1.29, 1.82) is 0 Å². The fraction of sp³-hybridized carbons (Fsp3) is 0.214. The Morgan fingerprint density at radius 1 is 1.11 bits per heavy atom. The molecule has 2 N–H and O–H groups in total. The zero-order valence-corrected chi connectivity index (χ0v) is 10.7. The van der Waals surface area contributed by atoms with Crippen LogP contribution in [0.2, 0.25) is 0 Å². The van der Waals surface area contributed by atoms with Crippen molar-refractivity contribution in [2.75, 3.05) is 10.6 Å². The molecule has 0 bridgehead atoms. The van der Waals surface area contributed by atoms with E-state index in [0.29, 0.717) is 6.04 Å². The van der Waals surface area contributed by atoms with Gasteiger partial charge in [0.15, 0.2) is 0 Å². The molecule has 0 spiro atoms. The molecule has 1 aliphatic carbocycles. The van der Waals surface area contributed by atoms with E-state index >= 15 is 0 Å². The van der Waals surface area contributed by atoms with Crippen LogP contribution in [0.15, 0.2) is 41.8 Å². The Morgan fingerprint density at radius 3 is 2.44 bits per heavy atom. The van der Waals surface area contributed by atoms with Gasteiger partial charge in [0.2, 0.25) is 0 Å². The molecule has 1 fully saturated rings. The lowest BCUT2D eigenvalue weighted by molar-refractivity contribution is 0.103. The Kier molecular flexibility index (Phi) is 3.02. The summed E-state index contributed by atoms with van der Waals surface area (Å²) < 4.78 is 0. The van der Waals surface area contributed by atoms with Crippen molar-refractivity contribution >= 4 is 28.6 Å². The summed E-state index contributed by atoms with van der Waals surface area (Å²) in [6, 6.07) is 12.2. The second kappa shape index (κ2) is 4.82. The van der Waals surface area contributed by atoms with Gasteiger partial charge in [-0.2, -0.15) is 0 Å². The number of thiophene rings is 1. The van der Waals surface area contributed by atoms with Gasteiger partial charge in [-0.15, -0.1) is 11.3 Å². The van der Waals surface area contributed by atoms with Gasteiger partial charge in [0.25, 0.3) is 5.91 Å². The lowest BCUT2D eigenvalue weighted by Gasteiger charge is -2.07. The smallest absolute Gasteiger partial charge is 0.265 e. The molecular weight excluding hydrogens is 244 g/mol. The van der Waals surface area contributed by atoms with Crippen molar-refractivity contribution in [3.05, 3.63) is 46.7 Å². The summed E-state index contributed by atoms with van der Waals surface area (Å²) >= 11 is 1.45. The summed E-state index contributed by atoms with van der Waals surface area (Å²) in [5, 5.41) is 8.20. The van der Waals surface area contributed by atoms with Crippen LogP contribution in [0.1, 0.15) is 22.5 Å². The van der Waals surface area contributed by atoms with Gasteiger partial charge in [-0.1, -0.05) is 6.07 Å². The van der Waals surface area contributed by atoms with E-state index in [-0.39, 0.29) is 5.91 Å². The first-order valence-electron chi connectivity index (χ1n) is 6.03. The highest BCUT2D eigenvalue weighted by atomic mass is 32.1. The van der Waals surface area contributed by atoms with Gasteiger partial charge < -0.3 is 10.6 Å². The van der Waals surface area contributed by atoms with Gasteiger partial charge in [0, 0.05) is 17.4 Å². The van der Waals surface area contributed by atoms with Crippen LogP contribution in [0, 0.1) is 0 Å². The number of hydrogen-bond acceptors (Lipinski definition) is 3. The topological polar surface area (TPSA) is 41.1 Å². The van der Waals surface area contributed by atoms with E-state index in [9.17, 15) is 4.79 Å². The number of hydrogen-bond donors (Lipinski definition) is 2. The van der Waals surface area contributed by atoms with Gasteiger partial charge in [0.1, 0.15) is 0 Å². The molecule has 18 heavy (non-hydrogen) atoms. The van der Waals surface area contributed by atoms with Crippen molar-refractivity contribution in [3.8, 4) is 0 Å². The minimum absolute atomic E-state index is 0.0482. The number of rotatable bonds is 4. The first-order chi connectivity index (χ1) is 8.81. The monoisotopic (exact) mass is 258 g/mol. The third-order valence-corrected chi connectivity index (χ3v) is 3.70. The summed E-state index contributed by atoms with van der Waals surface area (Å²) in [5.41, 5.74) is 1.95. The highest BCUT2D eigenvalue weighted by Gasteiger charge is 2.20. The third kappa shape index (κ3) is 2.71. The van der Waals surface area contributed by atoms with E-state index in [2.05, 4.69) is 10.6 Å². The Morgan fingerprint density at radius 2 is 1.83 bits per heavy atom. The average Bonchev–Trinajstić information content (AvgIpc) is 3.02. The van der Waals surface area contributed by atoms with Gasteiger partial charge in [0.05, 0.1) is 4.88 Å². The number of carbonyl (C=O) groups is 1. The molecule has 3 rings (SSSR count). The predicted molar refractivity (Wildman–Crippen MR) is 75.4 cm³/mol. The normalized spacial score (nSPS) is 14.2. The largest absolute Gasteiger partial charge is 0.382 e. The van der Waals surface area contributed by atoms with Crippen molar-refractivity contribution < 1.29 is 4.79 Å². The molecule has 1 saturated carbocycles. The van der Waals surface area contributed by atoms with E-state index in [1.165, 1.54) is 24.2 Å². The molecule has 0 unspecified atom stereocenters. The SMILES string of the molecule is O=C(Nc1ccc(NC2CC2)cc1)c1cccs1. The summed E-state index contributed by atoms with van der Waals surface area (Å²) in [5.74, 6) is -0.0482. The van der Waals surface area contributed by atoms with E-state index in [1.807, 2.05) is 41.8 Å². The zero-order chi connectivity index (χ0) is 12.4. The minimum atomic E-state index is -0.0482. The maximum Gasteiger partial charge on any atom is 0.265 e. The summed E-state index contributed by atoms with van der Waals surface area (Å²) in [7, 11) is 0. The molecule has 0 atom stereocenters. The molecule has 4 heteroatoms. The van der Waals surface area contributed by atoms with Crippen LogP contribution in [0.25, 0.3) is 0 Å². The minimum Gasteiger partial charge on any atom is -0.382 e. The Bertz CT molecular complexity index is 529. The standard InChI is InChI=1S/C14H14N2OS/c17-14(13-2-1-9-18-13)16-12-7-5-11(6-8-12)15-10-3-4-10/h1-2,5-10,15H,3-4H2,(H,16,17). The zero-order valence-electron chi connectivity index (χ0n) is 9.85. The van der Waals surface area contributed by atoms with Crippen LogP contribution in [0.4, 0.5) is 11.4 Å². The van der Waals surface area contributed by atoms with E-state index in [4.69, 9.17) is 0 Å². The maximum atomic E-state index is 11.8. The molecule has 92 valence electrons. The number of amides is 1. The molecule has 1 aliphatic rings. The van der Waals surface area contributed by atoms with Crippen molar-refractivity contribution in [2.24, 2.45) is 0 Å². The molecule has 0 saturated heterocycles. The first-order valence-corrected chi connectivity index (χ1v) is 6.91. The molecule has 0 aliphatic heterocycles. The lowest BCUT2D eigenvalue weighted by atomic mass is 10.2. The van der Waals surface area contributed by atoms with Gasteiger partial charge in [-0.3, -0.25) is 4.79 Å². The van der Waals surface area contributed by atoms with Crippen LogP contribution in [0.3, 0.4) is 0 Å². The molecule has 0 radical (unpaired) electrons. The molecule has 3 nitrogen and oxygen atoms in total. The molecule has 1 heterocycles. The third-order valence-electron chi connectivity index (χ3n) is 2.84. The second-order valence-electron chi connectivity index (χ2n) is 4.43. The summed E-state index contributed by atoms with van der Waals surface area (Å²) in [6.07, 6.45) is 2.52. The summed E-state index contributed by atoms with van der Waals surface area (Å²) in [6.45, 7) is 0. The van der Waals surface area contributed by atoms with Crippen LogP contribution in [-0.4, -0.2) is 11.9 Å².